The van der Waals surface area contributed by atoms with Gasteiger partial charge in [-0.25, -0.2) is 0 Å². The molecule has 8 aliphatic rings. The van der Waals surface area contributed by atoms with Crippen molar-refractivity contribution in [2.45, 2.75) is 64.3 Å². The van der Waals surface area contributed by atoms with E-state index in [0.717, 1.165) is 41.4 Å². The second kappa shape index (κ2) is 8.85. The summed E-state index contributed by atoms with van der Waals surface area (Å²) in [6.07, 6.45) is 24.1. The van der Waals surface area contributed by atoms with Crippen LogP contribution >= 0.6 is 23.2 Å². The van der Waals surface area contributed by atoms with Crippen molar-refractivity contribution in [1.82, 2.24) is 4.90 Å². The summed E-state index contributed by atoms with van der Waals surface area (Å²) in [5, 5.41) is 1.66. The van der Waals surface area contributed by atoms with Crippen LogP contribution in [0.25, 0.3) is 0 Å². The second-order valence-corrected chi connectivity index (χ2v) is 12.5. The minimum Gasteiger partial charge on any atom is -0.298 e. The van der Waals surface area contributed by atoms with Gasteiger partial charge in [-0.3, -0.25) is 9.89 Å². The van der Waals surface area contributed by atoms with Gasteiger partial charge in [0.1, 0.15) is 0 Å². The first-order valence-corrected chi connectivity index (χ1v) is 13.8. The van der Waals surface area contributed by atoms with Crippen LogP contribution in [0.2, 0.25) is 0 Å². The first kappa shape index (κ1) is 22.4. The number of fused-ring (bicyclic) bond motifs is 1. The zero-order chi connectivity index (χ0) is 22.6. The Hall–Kier alpha value is -1.09. The molecular formula is C29H36Cl2N2. The van der Waals surface area contributed by atoms with E-state index < -0.39 is 0 Å². The molecule has 4 fully saturated rings. The van der Waals surface area contributed by atoms with Crippen LogP contribution in [0, 0.1) is 29.1 Å². The van der Waals surface area contributed by atoms with E-state index in [1.165, 1.54) is 57.1 Å². The van der Waals surface area contributed by atoms with Crippen LogP contribution in [0.5, 0.6) is 0 Å². The van der Waals surface area contributed by atoms with Crippen LogP contribution in [0.4, 0.5) is 0 Å². The monoisotopic (exact) mass is 482 g/mol. The highest BCUT2D eigenvalue weighted by Gasteiger charge is 2.54. The maximum Gasteiger partial charge on any atom is 0.0541 e. The van der Waals surface area contributed by atoms with Gasteiger partial charge in [-0.15, -0.1) is 0 Å². The van der Waals surface area contributed by atoms with E-state index in [0.29, 0.717) is 23.3 Å². The maximum atomic E-state index is 6.29. The fourth-order valence-electron chi connectivity index (χ4n) is 7.79. The molecule has 0 radical (unpaired) electrons. The predicted molar refractivity (Wildman–Crippen MR) is 140 cm³/mol. The number of halogens is 2. The minimum absolute atomic E-state index is 0.419. The summed E-state index contributed by atoms with van der Waals surface area (Å²) in [6, 6.07) is 0.549. The highest BCUT2D eigenvalue weighted by Crippen LogP contribution is 2.65. The third kappa shape index (κ3) is 4.37. The molecule has 4 bridgehead atoms. The number of likely N-dealkylation sites (tertiary alicyclic amines) is 1. The molecule has 8 rings (SSSR count). The maximum absolute atomic E-state index is 6.29. The smallest absolute Gasteiger partial charge is 0.0541 e. The van der Waals surface area contributed by atoms with Gasteiger partial charge in [0.25, 0.3) is 0 Å². The zero-order valence-electron chi connectivity index (χ0n) is 19.8. The standard InChI is InChI=1S/C29H36Cl2N2/c1-19-7-20(9-24(8-19)29-5-4-28-22(14-29)12-23(28)15-29)16-32-17-27-3-2-6-33(27)18-21-10-25(30)13-26(31)11-21/h4,7-8,10,13,16,20-23,27H,2-3,5-6,9,11-12,14-15,17-18H2,1H3/b32-16+. The van der Waals surface area contributed by atoms with Gasteiger partial charge in [0, 0.05) is 34.8 Å². The summed E-state index contributed by atoms with van der Waals surface area (Å²) < 4.78 is 0. The van der Waals surface area contributed by atoms with Crippen LogP contribution in [0.1, 0.15) is 58.3 Å². The summed E-state index contributed by atoms with van der Waals surface area (Å²) in [6.45, 7) is 5.40. The topological polar surface area (TPSA) is 15.6 Å². The number of allylic oxidation sites excluding steroid dienone is 9. The minimum atomic E-state index is 0.419. The highest BCUT2D eigenvalue weighted by molar-refractivity contribution is 6.34. The van der Waals surface area contributed by atoms with Crippen molar-refractivity contribution in [3.05, 3.63) is 57.2 Å². The van der Waals surface area contributed by atoms with Gasteiger partial charge in [-0.05, 0) is 94.1 Å². The van der Waals surface area contributed by atoms with Gasteiger partial charge in [-0.2, -0.15) is 0 Å². The van der Waals surface area contributed by atoms with Crippen molar-refractivity contribution in [3.63, 3.8) is 0 Å². The van der Waals surface area contributed by atoms with Crippen LogP contribution in [0.3, 0.4) is 0 Å². The summed E-state index contributed by atoms with van der Waals surface area (Å²) >= 11 is 12.5. The van der Waals surface area contributed by atoms with Crippen molar-refractivity contribution >= 4 is 29.4 Å². The van der Waals surface area contributed by atoms with Gasteiger partial charge in [0.2, 0.25) is 0 Å². The van der Waals surface area contributed by atoms with Crippen molar-refractivity contribution in [2.75, 3.05) is 19.6 Å². The second-order valence-electron chi connectivity index (χ2n) is 11.6. The summed E-state index contributed by atoms with van der Waals surface area (Å²) in [7, 11) is 0. The SMILES string of the molecule is CC1=CC(/C=N/CC2CCCN2CC2C=C(Cl)C=C(Cl)C2)CC(C23CC=C4C(CC4C2)C3)=C1. The van der Waals surface area contributed by atoms with Crippen LogP contribution in [0.15, 0.2) is 62.2 Å². The molecule has 33 heavy (non-hydrogen) atoms. The number of aliphatic imine (C=N–C) groups is 1. The van der Waals surface area contributed by atoms with Crippen LogP contribution < -0.4 is 0 Å². The van der Waals surface area contributed by atoms with E-state index in [9.17, 15) is 0 Å². The van der Waals surface area contributed by atoms with Crippen molar-refractivity contribution in [2.24, 2.45) is 34.1 Å². The molecule has 4 heteroatoms. The largest absolute Gasteiger partial charge is 0.298 e. The summed E-state index contributed by atoms with van der Waals surface area (Å²) in [5.41, 5.74) is 5.43. The Morgan fingerprint density at radius 2 is 2.00 bits per heavy atom. The Morgan fingerprint density at radius 3 is 2.79 bits per heavy atom. The molecule has 0 aromatic carbocycles. The molecule has 2 nitrogen and oxygen atoms in total. The van der Waals surface area contributed by atoms with Crippen molar-refractivity contribution in [1.29, 1.82) is 0 Å². The van der Waals surface area contributed by atoms with E-state index >= 15 is 0 Å². The highest BCUT2D eigenvalue weighted by atomic mass is 35.5. The lowest BCUT2D eigenvalue weighted by Gasteiger charge is -2.59. The molecule has 7 aliphatic carbocycles. The van der Waals surface area contributed by atoms with E-state index in [-0.39, 0.29) is 0 Å². The molecule has 0 aromatic rings. The Bertz CT molecular complexity index is 983. The molecule has 0 aromatic heterocycles. The molecule has 0 amide bonds. The third-order valence-electron chi connectivity index (χ3n) is 9.26. The molecule has 3 saturated carbocycles. The lowest BCUT2D eigenvalue weighted by atomic mass is 9.45. The molecule has 5 atom stereocenters. The van der Waals surface area contributed by atoms with Gasteiger partial charge in [0.05, 0.1) is 6.54 Å². The number of rotatable bonds is 6. The van der Waals surface area contributed by atoms with Gasteiger partial charge >= 0.3 is 0 Å². The Kier molecular flexibility index (Phi) is 6.00. The van der Waals surface area contributed by atoms with Crippen molar-refractivity contribution in [3.8, 4) is 0 Å². The Morgan fingerprint density at radius 1 is 1.15 bits per heavy atom. The van der Waals surface area contributed by atoms with Crippen LogP contribution in [-0.4, -0.2) is 36.8 Å². The lowest BCUT2D eigenvalue weighted by Crippen LogP contribution is -2.48. The zero-order valence-corrected chi connectivity index (χ0v) is 21.3. The van der Waals surface area contributed by atoms with Gasteiger partial charge in [-0.1, -0.05) is 64.2 Å². The van der Waals surface area contributed by atoms with E-state index in [4.69, 9.17) is 28.2 Å². The van der Waals surface area contributed by atoms with Crippen LogP contribution in [-0.2, 0) is 0 Å². The number of nitrogens with zero attached hydrogens (tertiary/aromatic N) is 2. The fraction of sp³-hybridized carbons (Fsp3) is 0.621. The predicted octanol–water partition coefficient (Wildman–Crippen LogP) is 7.43. The van der Waals surface area contributed by atoms with Crippen molar-refractivity contribution < 1.29 is 0 Å². The third-order valence-corrected chi connectivity index (χ3v) is 9.76. The fourth-order valence-corrected chi connectivity index (χ4v) is 8.47. The molecule has 1 aliphatic heterocycles. The van der Waals surface area contributed by atoms with Gasteiger partial charge < -0.3 is 0 Å². The quantitative estimate of drug-likeness (QED) is 0.283. The molecule has 1 heterocycles. The number of hydrogen-bond donors (Lipinski definition) is 0. The van der Waals surface area contributed by atoms with Gasteiger partial charge in [0.15, 0.2) is 0 Å². The van der Waals surface area contributed by atoms with E-state index in [1.807, 2.05) is 11.6 Å². The normalized spacial score (nSPS) is 40.2. The average Bonchev–Trinajstić information content (AvgIpc) is 3.19. The van der Waals surface area contributed by atoms with E-state index in [2.05, 4.69) is 42.3 Å². The molecule has 1 saturated heterocycles. The first-order chi connectivity index (χ1) is 16.0. The molecule has 5 unspecified atom stereocenters. The average molecular weight is 484 g/mol. The Balaban J connectivity index is 1.06. The lowest BCUT2D eigenvalue weighted by molar-refractivity contribution is 0.0635. The summed E-state index contributed by atoms with van der Waals surface area (Å²) in [5.74, 6) is 2.69. The number of hydrogen-bond acceptors (Lipinski definition) is 2. The first-order valence-electron chi connectivity index (χ1n) is 13.0. The molecular weight excluding hydrogens is 447 g/mol. The molecule has 176 valence electrons. The molecule has 0 spiro atoms. The summed E-state index contributed by atoms with van der Waals surface area (Å²) in [4.78, 5) is 7.63. The van der Waals surface area contributed by atoms with E-state index in [1.54, 1.807) is 5.57 Å². The molecule has 0 N–H and O–H groups in total. The Labute approximate surface area is 209 Å².